The second kappa shape index (κ2) is 11.2. The third kappa shape index (κ3) is 4.47. The Morgan fingerprint density at radius 3 is 2.13 bits per heavy atom. The van der Waals surface area contributed by atoms with Crippen LogP contribution in [0.4, 0.5) is 17.1 Å². The number of amides is 1. The highest BCUT2D eigenvalue weighted by atomic mass is 16.6. The minimum absolute atomic E-state index is 0.158. The quantitative estimate of drug-likeness (QED) is 0.180. The summed E-state index contributed by atoms with van der Waals surface area (Å²) in [6.07, 6.45) is 0. The zero-order chi connectivity index (χ0) is 32.2. The molecule has 1 spiro atoms. The van der Waals surface area contributed by atoms with E-state index in [1.54, 1.807) is 4.90 Å². The number of hydrogen-bond donors (Lipinski definition) is 0. The molecule has 7 rings (SSSR count). The number of hydrogen-bond acceptors (Lipinski definition) is 5. The van der Waals surface area contributed by atoms with Crippen LogP contribution in [-0.4, -0.2) is 25.0 Å². The molecule has 0 saturated heterocycles. The van der Waals surface area contributed by atoms with Crippen molar-refractivity contribution < 1.29 is 19.1 Å². The van der Waals surface area contributed by atoms with Crippen molar-refractivity contribution in [2.45, 2.75) is 40.2 Å². The molecule has 0 aromatic heterocycles. The molecule has 0 bridgehead atoms. The van der Waals surface area contributed by atoms with E-state index >= 15 is 0 Å². The van der Waals surface area contributed by atoms with Crippen molar-refractivity contribution in [2.24, 2.45) is 0 Å². The van der Waals surface area contributed by atoms with Gasteiger partial charge in [0.2, 0.25) is 0 Å². The van der Waals surface area contributed by atoms with E-state index < -0.39 is 11.6 Å². The van der Waals surface area contributed by atoms with E-state index in [-0.39, 0.29) is 5.91 Å². The van der Waals surface area contributed by atoms with Gasteiger partial charge < -0.3 is 14.4 Å². The van der Waals surface area contributed by atoms with E-state index in [0.29, 0.717) is 33.9 Å². The van der Waals surface area contributed by atoms with Gasteiger partial charge in [0, 0.05) is 47.1 Å². The van der Waals surface area contributed by atoms with Gasteiger partial charge >= 0.3 is 5.97 Å². The topological polar surface area (TPSA) is 59.1 Å². The van der Waals surface area contributed by atoms with Gasteiger partial charge in [-0.2, -0.15) is 0 Å². The highest BCUT2D eigenvalue weighted by Crippen LogP contribution is 2.58. The second-order valence-corrected chi connectivity index (χ2v) is 12.0. The van der Waals surface area contributed by atoms with Crippen LogP contribution in [0.15, 0.2) is 103 Å². The first-order valence-electron chi connectivity index (χ1n) is 15.8. The maximum absolute atomic E-state index is 14.4. The summed E-state index contributed by atoms with van der Waals surface area (Å²) in [5.74, 6) is 0.674. The molecule has 1 amide bonds. The van der Waals surface area contributed by atoms with E-state index in [4.69, 9.17) is 9.47 Å². The monoisotopic (exact) mass is 608 g/mol. The van der Waals surface area contributed by atoms with Gasteiger partial charge in [0.05, 0.1) is 16.9 Å². The average Bonchev–Trinajstić information content (AvgIpc) is 3.36. The molecule has 5 aromatic carbocycles. The van der Waals surface area contributed by atoms with Crippen LogP contribution in [0.3, 0.4) is 0 Å². The van der Waals surface area contributed by atoms with E-state index in [1.807, 2.05) is 112 Å². The molecule has 230 valence electrons. The van der Waals surface area contributed by atoms with Gasteiger partial charge in [0.1, 0.15) is 11.5 Å². The molecule has 5 aromatic rings. The Balaban J connectivity index is 1.50. The highest BCUT2D eigenvalue weighted by Gasteiger charge is 2.54. The fraction of sp³-hybridized carbons (Fsp3) is 0.200. The standard InChI is InChI=1S/C40H36N2O4/c1-6-41(7-2)29-18-19-32-37(23-29)45-36-22-27(5)35(24-33(36)40(32)31-16-12-11-15-30(31)39(44)46-40)42(34-20-17-25(3)21-26(34)4)38(43)28-13-9-8-10-14-28/h8-24H,6-7H2,1-5H3. The molecule has 1 atom stereocenters. The summed E-state index contributed by atoms with van der Waals surface area (Å²) < 4.78 is 13.2. The van der Waals surface area contributed by atoms with Crippen LogP contribution in [0, 0.1) is 20.8 Å². The fourth-order valence-corrected chi connectivity index (χ4v) is 6.94. The van der Waals surface area contributed by atoms with Gasteiger partial charge in [-0.15, -0.1) is 0 Å². The molecule has 0 radical (unpaired) electrons. The van der Waals surface area contributed by atoms with Gasteiger partial charge in [0.15, 0.2) is 5.60 Å². The Hall–Kier alpha value is -5.36. The summed E-state index contributed by atoms with van der Waals surface area (Å²) in [4.78, 5) is 32.0. The molecular weight excluding hydrogens is 572 g/mol. The lowest BCUT2D eigenvalue weighted by atomic mass is 9.77. The predicted molar refractivity (Wildman–Crippen MR) is 182 cm³/mol. The lowest BCUT2D eigenvalue weighted by Gasteiger charge is -2.38. The number of aryl methyl sites for hydroxylation is 3. The Morgan fingerprint density at radius 1 is 0.696 bits per heavy atom. The van der Waals surface area contributed by atoms with Crippen molar-refractivity contribution >= 4 is 28.9 Å². The molecule has 0 aliphatic carbocycles. The van der Waals surface area contributed by atoms with Crippen molar-refractivity contribution in [3.63, 3.8) is 0 Å². The number of nitrogens with zero attached hydrogens (tertiary/aromatic N) is 2. The predicted octanol–water partition coefficient (Wildman–Crippen LogP) is 9.00. The van der Waals surface area contributed by atoms with Crippen LogP contribution in [-0.2, 0) is 10.3 Å². The summed E-state index contributed by atoms with van der Waals surface area (Å²) in [7, 11) is 0. The Labute approximate surface area is 269 Å². The summed E-state index contributed by atoms with van der Waals surface area (Å²) in [5, 5.41) is 0. The van der Waals surface area contributed by atoms with Crippen LogP contribution in [0.5, 0.6) is 11.5 Å². The minimum Gasteiger partial charge on any atom is -0.456 e. The third-order valence-electron chi connectivity index (χ3n) is 9.20. The number of benzene rings is 5. The number of anilines is 3. The first kappa shape index (κ1) is 29.4. The summed E-state index contributed by atoms with van der Waals surface area (Å²) in [6, 6.07) is 33.0. The van der Waals surface area contributed by atoms with Crippen molar-refractivity contribution in [3.05, 3.63) is 148 Å². The molecule has 2 aliphatic rings. The van der Waals surface area contributed by atoms with Crippen LogP contribution >= 0.6 is 0 Å². The lowest BCUT2D eigenvalue weighted by molar-refractivity contribution is 0.0224. The fourth-order valence-electron chi connectivity index (χ4n) is 6.94. The third-order valence-corrected chi connectivity index (χ3v) is 9.20. The number of esters is 1. The molecule has 0 N–H and O–H groups in total. The Kier molecular flexibility index (Phi) is 7.16. The van der Waals surface area contributed by atoms with Gasteiger partial charge in [-0.3, -0.25) is 9.69 Å². The van der Waals surface area contributed by atoms with E-state index in [1.165, 1.54) is 0 Å². The molecule has 0 saturated carbocycles. The van der Waals surface area contributed by atoms with Crippen LogP contribution in [0.25, 0.3) is 0 Å². The Morgan fingerprint density at radius 2 is 1.39 bits per heavy atom. The summed E-state index contributed by atoms with van der Waals surface area (Å²) in [6.45, 7) is 12.0. The first-order chi connectivity index (χ1) is 22.3. The van der Waals surface area contributed by atoms with Crippen molar-refractivity contribution in [3.8, 4) is 11.5 Å². The number of ether oxygens (including phenoxy) is 2. The largest absolute Gasteiger partial charge is 0.456 e. The zero-order valence-electron chi connectivity index (χ0n) is 26.8. The lowest BCUT2D eigenvalue weighted by Crippen LogP contribution is -2.34. The second-order valence-electron chi connectivity index (χ2n) is 12.0. The van der Waals surface area contributed by atoms with Crippen molar-refractivity contribution in [2.75, 3.05) is 22.9 Å². The van der Waals surface area contributed by atoms with E-state index in [2.05, 4.69) is 30.9 Å². The maximum Gasteiger partial charge on any atom is 0.340 e. The van der Waals surface area contributed by atoms with Gasteiger partial charge in [-0.25, -0.2) is 4.79 Å². The molecule has 6 nitrogen and oxygen atoms in total. The van der Waals surface area contributed by atoms with Crippen LogP contribution in [0.2, 0.25) is 0 Å². The van der Waals surface area contributed by atoms with Crippen LogP contribution in [0.1, 0.15) is 67.9 Å². The molecule has 6 heteroatoms. The smallest absolute Gasteiger partial charge is 0.340 e. The molecule has 0 fully saturated rings. The number of rotatable bonds is 6. The maximum atomic E-state index is 14.4. The summed E-state index contributed by atoms with van der Waals surface area (Å²) >= 11 is 0. The first-order valence-corrected chi connectivity index (χ1v) is 15.8. The van der Waals surface area contributed by atoms with Gasteiger partial charge in [0.25, 0.3) is 5.91 Å². The van der Waals surface area contributed by atoms with Crippen molar-refractivity contribution in [1.29, 1.82) is 0 Å². The van der Waals surface area contributed by atoms with Gasteiger partial charge in [-0.1, -0.05) is 54.1 Å². The molecule has 46 heavy (non-hydrogen) atoms. The molecule has 1 unspecified atom stereocenters. The number of carbonyl (C=O) groups excluding carboxylic acids is 2. The van der Waals surface area contributed by atoms with Crippen molar-refractivity contribution in [1.82, 2.24) is 0 Å². The molecule has 2 heterocycles. The van der Waals surface area contributed by atoms with Gasteiger partial charge in [-0.05, 0) is 94.3 Å². The SMILES string of the molecule is CCN(CC)c1ccc2c(c1)Oc1cc(C)c(N(C(=O)c3ccccc3)c3ccc(C)cc3C)cc1C21OC(=O)c2ccccc21. The number of carbonyl (C=O) groups is 2. The van der Waals surface area contributed by atoms with E-state index in [0.717, 1.165) is 52.3 Å². The highest BCUT2D eigenvalue weighted by molar-refractivity contribution is 6.12. The Bertz CT molecular complexity index is 2010. The number of fused-ring (bicyclic) bond motifs is 6. The molecular formula is C40H36N2O4. The average molecular weight is 609 g/mol. The summed E-state index contributed by atoms with van der Waals surface area (Å²) in [5.41, 5.74) is 7.42. The zero-order valence-corrected chi connectivity index (χ0v) is 26.8. The minimum atomic E-state index is -1.26. The molecule has 2 aliphatic heterocycles. The van der Waals surface area contributed by atoms with Crippen LogP contribution < -0.4 is 14.5 Å². The van der Waals surface area contributed by atoms with E-state index in [9.17, 15) is 9.59 Å². The normalized spacial score (nSPS) is 15.8.